The van der Waals surface area contributed by atoms with Gasteiger partial charge in [-0.3, -0.25) is 14.3 Å². The molecule has 7 nitrogen and oxygen atoms in total. The van der Waals surface area contributed by atoms with Crippen LogP contribution in [0.2, 0.25) is 0 Å². The van der Waals surface area contributed by atoms with E-state index in [0.717, 1.165) is 0 Å². The van der Waals surface area contributed by atoms with Crippen molar-refractivity contribution in [3.8, 4) is 0 Å². The maximum atomic E-state index is 12.0. The summed E-state index contributed by atoms with van der Waals surface area (Å²) in [5.74, 6) is -2.45. The number of carboxylic acid groups (broad SMARTS) is 1. The molecule has 1 aromatic carbocycles. The van der Waals surface area contributed by atoms with Crippen molar-refractivity contribution < 1.29 is 23.1 Å². The van der Waals surface area contributed by atoms with E-state index in [2.05, 4.69) is 10.0 Å². The molecule has 1 aromatic rings. The van der Waals surface area contributed by atoms with Crippen molar-refractivity contribution in [2.24, 2.45) is 11.8 Å². The third-order valence-corrected chi connectivity index (χ3v) is 5.25. The first-order valence-corrected chi connectivity index (χ1v) is 9.04. The maximum absolute atomic E-state index is 12.0. The minimum atomic E-state index is -3.42. The van der Waals surface area contributed by atoms with Crippen molar-refractivity contribution in [1.82, 2.24) is 0 Å². The van der Waals surface area contributed by atoms with Crippen molar-refractivity contribution in [2.45, 2.75) is 26.7 Å². The summed E-state index contributed by atoms with van der Waals surface area (Å²) in [6.07, 6.45) is 0.839. The van der Waals surface area contributed by atoms with Crippen molar-refractivity contribution in [1.29, 1.82) is 0 Å². The minimum absolute atomic E-state index is 0.0192. The van der Waals surface area contributed by atoms with Gasteiger partial charge in [-0.2, -0.15) is 0 Å². The molecule has 3 N–H and O–H groups in total. The van der Waals surface area contributed by atoms with E-state index in [9.17, 15) is 18.0 Å². The lowest BCUT2D eigenvalue weighted by molar-refractivity contribution is -0.139. The average Bonchev–Trinajstić information content (AvgIpc) is 3.23. The number of aliphatic carboxylic acids is 1. The summed E-state index contributed by atoms with van der Waals surface area (Å²) in [4.78, 5) is 22.8. The quantitative estimate of drug-likeness (QED) is 0.700. The monoisotopic (exact) mass is 340 g/mol. The number of nitrogens with one attached hydrogen (secondary N) is 2. The van der Waals surface area contributed by atoms with Gasteiger partial charge >= 0.3 is 5.97 Å². The van der Waals surface area contributed by atoms with E-state index >= 15 is 0 Å². The van der Waals surface area contributed by atoms with Gasteiger partial charge < -0.3 is 10.4 Å². The summed E-state index contributed by atoms with van der Waals surface area (Å²) >= 11 is 0. The lowest BCUT2D eigenvalue weighted by Gasteiger charge is -2.14. The largest absolute Gasteiger partial charge is 0.481 e. The molecule has 0 bridgehead atoms. The first-order valence-electron chi connectivity index (χ1n) is 7.39. The Morgan fingerprint density at radius 2 is 1.91 bits per heavy atom. The summed E-state index contributed by atoms with van der Waals surface area (Å²) in [6.45, 7) is 3.47. The molecule has 0 saturated heterocycles. The highest BCUT2D eigenvalue weighted by Gasteiger charge is 2.48. The van der Waals surface area contributed by atoms with Crippen LogP contribution < -0.4 is 10.0 Å². The van der Waals surface area contributed by atoms with Crippen LogP contribution in [0.25, 0.3) is 0 Å². The standard InChI is InChI=1S/C15H20N2O5S/c1-3-7-23(21,22)17-13-6-4-5-12(9(13)2)16-14(18)10-8-11(10)15(19)20/h4-6,10-11,17H,3,7-8H2,1-2H3,(H,16,18)(H,19,20). The number of carbonyl (C=O) groups is 2. The summed E-state index contributed by atoms with van der Waals surface area (Å²) < 4.78 is 26.2. The number of anilines is 2. The Morgan fingerprint density at radius 3 is 2.48 bits per heavy atom. The van der Waals surface area contributed by atoms with Crippen molar-refractivity contribution in [2.75, 3.05) is 15.8 Å². The second-order valence-corrected chi connectivity index (χ2v) is 7.52. The molecule has 1 amide bonds. The van der Waals surface area contributed by atoms with E-state index in [1.807, 2.05) is 0 Å². The molecule has 0 spiro atoms. The number of carboxylic acids is 1. The van der Waals surface area contributed by atoms with Gasteiger partial charge in [0.1, 0.15) is 0 Å². The third kappa shape index (κ3) is 4.22. The number of hydrogen-bond donors (Lipinski definition) is 3. The number of amides is 1. The topological polar surface area (TPSA) is 113 Å². The van der Waals surface area contributed by atoms with E-state index in [1.54, 1.807) is 32.0 Å². The Bertz CT molecular complexity index is 729. The number of rotatable bonds is 7. The molecule has 23 heavy (non-hydrogen) atoms. The zero-order valence-electron chi connectivity index (χ0n) is 13.0. The van der Waals surface area contributed by atoms with Gasteiger partial charge in [0.25, 0.3) is 0 Å². The van der Waals surface area contributed by atoms with Gasteiger partial charge in [-0.05, 0) is 37.5 Å². The summed E-state index contributed by atoms with van der Waals surface area (Å²) in [7, 11) is -3.42. The van der Waals surface area contributed by atoms with Gasteiger partial charge in [-0.1, -0.05) is 13.0 Å². The Hall–Kier alpha value is -2.09. The van der Waals surface area contributed by atoms with E-state index < -0.39 is 27.8 Å². The second-order valence-electron chi connectivity index (χ2n) is 5.68. The molecule has 1 saturated carbocycles. The van der Waals surface area contributed by atoms with Crippen molar-refractivity contribution in [3.05, 3.63) is 23.8 Å². The molecule has 1 aliphatic rings. The molecule has 0 heterocycles. The highest BCUT2D eigenvalue weighted by atomic mass is 32.2. The Kier molecular flexibility index (Phi) is 4.93. The molecule has 1 fully saturated rings. The first-order chi connectivity index (χ1) is 10.7. The molecular weight excluding hydrogens is 320 g/mol. The van der Waals surface area contributed by atoms with Crippen LogP contribution in [0.5, 0.6) is 0 Å². The van der Waals surface area contributed by atoms with E-state index in [4.69, 9.17) is 5.11 Å². The van der Waals surface area contributed by atoms with Crippen molar-refractivity contribution in [3.63, 3.8) is 0 Å². The SMILES string of the molecule is CCCS(=O)(=O)Nc1cccc(NC(=O)C2CC2C(=O)O)c1C. The highest BCUT2D eigenvalue weighted by Crippen LogP contribution is 2.39. The molecule has 126 valence electrons. The van der Waals surface area contributed by atoms with Crippen LogP contribution in [-0.2, 0) is 19.6 Å². The maximum Gasteiger partial charge on any atom is 0.307 e. The van der Waals surface area contributed by atoms with E-state index in [0.29, 0.717) is 29.8 Å². The fourth-order valence-electron chi connectivity index (χ4n) is 2.35. The number of benzene rings is 1. The van der Waals surface area contributed by atoms with Crippen LogP contribution >= 0.6 is 0 Å². The van der Waals surface area contributed by atoms with Gasteiger partial charge in [-0.25, -0.2) is 8.42 Å². The minimum Gasteiger partial charge on any atom is -0.481 e. The molecule has 8 heteroatoms. The summed E-state index contributed by atoms with van der Waals surface area (Å²) in [5, 5.41) is 11.5. The van der Waals surface area contributed by atoms with Crippen LogP contribution in [0.15, 0.2) is 18.2 Å². The predicted molar refractivity (Wildman–Crippen MR) is 86.7 cm³/mol. The lowest BCUT2D eigenvalue weighted by atomic mass is 10.1. The van der Waals surface area contributed by atoms with Crippen molar-refractivity contribution >= 4 is 33.3 Å². The predicted octanol–water partition coefficient (Wildman–Crippen LogP) is 1.81. The van der Waals surface area contributed by atoms with Gasteiger partial charge in [0.05, 0.1) is 23.3 Å². The zero-order chi connectivity index (χ0) is 17.2. The van der Waals surface area contributed by atoms with Crippen LogP contribution in [0, 0.1) is 18.8 Å². The molecule has 2 rings (SSSR count). The van der Waals surface area contributed by atoms with Gasteiger partial charge in [0, 0.05) is 5.69 Å². The fraction of sp³-hybridized carbons (Fsp3) is 0.467. The molecule has 2 atom stereocenters. The molecular formula is C15H20N2O5S. The zero-order valence-corrected chi connectivity index (χ0v) is 13.8. The molecule has 1 aliphatic carbocycles. The Morgan fingerprint density at radius 1 is 1.26 bits per heavy atom. The molecule has 0 radical (unpaired) electrons. The smallest absolute Gasteiger partial charge is 0.307 e. The van der Waals surface area contributed by atoms with Crippen LogP contribution in [0.4, 0.5) is 11.4 Å². The van der Waals surface area contributed by atoms with Gasteiger partial charge in [0.15, 0.2) is 0 Å². The Balaban J connectivity index is 2.11. The van der Waals surface area contributed by atoms with Crippen LogP contribution in [0.1, 0.15) is 25.3 Å². The Labute approximate surface area is 135 Å². The number of carbonyl (C=O) groups excluding carboxylic acids is 1. The molecule has 0 aliphatic heterocycles. The van der Waals surface area contributed by atoms with E-state index in [-0.39, 0.29) is 11.7 Å². The summed E-state index contributed by atoms with van der Waals surface area (Å²) in [6, 6.07) is 4.91. The van der Waals surface area contributed by atoms with Crippen LogP contribution in [-0.4, -0.2) is 31.2 Å². The van der Waals surface area contributed by atoms with Gasteiger partial charge in [-0.15, -0.1) is 0 Å². The first kappa shape index (κ1) is 17.3. The third-order valence-electron chi connectivity index (χ3n) is 3.77. The summed E-state index contributed by atoms with van der Waals surface area (Å²) in [5.41, 5.74) is 1.47. The van der Waals surface area contributed by atoms with Crippen LogP contribution in [0.3, 0.4) is 0 Å². The second kappa shape index (κ2) is 6.57. The number of hydrogen-bond acceptors (Lipinski definition) is 4. The number of sulfonamides is 1. The molecule has 0 aromatic heterocycles. The highest BCUT2D eigenvalue weighted by molar-refractivity contribution is 7.92. The van der Waals surface area contributed by atoms with Gasteiger partial charge in [0.2, 0.25) is 15.9 Å². The van der Waals surface area contributed by atoms with E-state index in [1.165, 1.54) is 0 Å². The normalized spacial score (nSPS) is 19.9. The molecule has 2 unspecified atom stereocenters. The fourth-order valence-corrected chi connectivity index (χ4v) is 3.55. The average molecular weight is 340 g/mol. The lowest BCUT2D eigenvalue weighted by Crippen LogP contribution is -2.19.